The second-order valence-corrected chi connectivity index (χ2v) is 6.76. The smallest absolute Gasteiger partial charge is 0.356 e. The molecule has 0 aliphatic carbocycles. The van der Waals surface area contributed by atoms with Gasteiger partial charge in [-0.15, -0.1) is 0 Å². The minimum absolute atomic E-state index is 0.158. The fourth-order valence-electron chi connectivity index (χ4n) is 2.83. The number of halogens is 4. The van der Waals surface area contributed by atoms with Crippen molar-refractivity contribution < 1.29 is 27.3 Å². The van der Waals surface area contributed by atoms with E-state index in [2.05, 4.69) is 30.2 Å². The first-order valence-electron chi connectivity index (χ1n) is 9.16. The summed E-state index contributed by atoms with van der Waals surface area (Å²) in [5.74, 6) is -2.24. The van der Waals surface area contributed by atoms with Crippen LogP contribution < -0.4 is 15.6 Å². The van der Waals surface area contributed by atoms with E-state index >= 15 is 0 Å². The van der Waals surface area contributed by atoms with Crippen molar-refractivity contribution in [3.8, 4) is 11.4 Å². The second-order valence-electron chi connectivity index (χ2n) is 6.76. The van der Waals surface area contributed by atoms with Crippen LogP contribution >= 0.6 is 0 Å². The summed E-state index contributed by atoms with van der Waals surface area (Å²) in [5.41, 5.74) is 1.11. The van der Waals surface area contributed by atoms with E-state index in [4.69, 9.17) is 0 Å². The van der Waals surface area contributed by atoms with Crippen molar-refractivity contribution in [1.29, 1.82) is 0 Å². The van der Waals surface area contributed by atoms with Crippen molar-refractivity contribution in [2.45, 2.75) is 32.5 Å². The number of fused-ring (bicyclic) bond motifs is 1. The molecule has 30 heavy (non-hydrogen) atoms. The Morgan fingerprint density at radius 2 is 2.10 bits per heavy atom. The third-order valence-corrected chi connectivity index (χ3v) is 4.63. The van der Waals surface area contributed by atoms with Gasteiger partial charge in [0.2, 0.25) is 5.91 Å². The Morgan fingerprint density at radius 3 is 2.80 bits per heavy atom. The highest BCUT2D eigenvalue weighted by Crippen LogP contribution is 2.26. The summed E-state index contributed by atoms with van der Waals surface area (Å²) in [6.45, 7) is 1.97. The Hall–Kier alpha value is -3.31. The summed E-state index contributed by atoms with van der Waals surface area (Å²) in [5, 5.41) is 5.14. The van der Waals surface area contributed by atoms with E-state index in [1.165, 1.54) is 6.33 Å². The summed E-state index contributed by atoms with van der Waals surface area (Å²) in [7, 11) is 0. The molecule has 0 radical (unpaired) electrons. The standard InChI is InChI=1S/C18H19F4N7O/c1-3-9(2)13(17(30)26-7-18(20,21)22)28-16-12(19)6-25-15(29-16)11-5-24-14-10(11)4-23-8-27-14/h4-6,8-9,13H,3,7H2,1-2H3,(H,26,30)(H,23,24,27)(H,25,28,29)/p+1. The summed E-state index contributed by atoms with van der Waals surface area (Å²) in [6.07, 6.45) is 1.61. The van der Waals surface area contributed by atoms with Gasteiger partial charge in [-0.25, -0.2) is 19.3 Å². The molecule has 0 aliphatic rings. The van der Waals surface area contributed by atoms with Crippen LogP contribution in [0, 0.1) is 11.7 Å². The van der Waals surface area contributed by atoms with Crippen molar-refractivity contribution >= 4 is 22.8 Å². The number of nitrogens with one attached hydrogen (secondary N) is 4. The zero-order chi connectivity index (χ0) is 21.9. The van der Waals surface area contributed by atoms with Crippen LogP contribution in [0.25, 0.3) is 22.4 Å². The number of carbonyl (C=O) groups is 1. The molecule has 8 nitrogen and oxygen atoms in total. The van der Waals surface area contributed by atoms with Gasteiger partial charge in [-0.2, -0.15) is 13.2 Å². The fourth-order valence-corrected chi connectivity index (χ4v) is 2.83. The van der Waals surface area contributed by atoms with Gasteiger partial charge in [0, 0.05) is 6.20 Å². The van der Waals surface area contributed by atoms with Crippen molar-refractivity contribution in [1.82, 2.24) is 25.3 Å². The number of aromatic nitrogens is 5. The molecule has 0 saturated carbocycles. The molecule has 160 valence electrons. The highest BCUT2D eigenvalue weighted by Gasteiger charge is 2.32. The number of hydrogen-bond donors (Lipinski definition) is 3. The Balaban J connectivity index is 1.89. The molecule has 3 aromatic heterocycles. The van der Waals surface area contributed by atoms with E-state index in [1.54, 1.807) is 26.2 Å². The van der Waals surface area contributed by atoms with E-state index in [9.17, 15) is 22.4 Å². The molecule has 12 heteroatoms. The number of hydrogen-bond acceptors (Lipinski definition) is 5. The third kappa shape index (κ3) is 4.81. The van der Waals surface area contributed by atoms with Gasteiger partial charge in [-0.1, -0.05) is 20.3 Å². The predicted octanol–water partition coefficient (Wildman–Crippen LogP) is 2.48. The lowest BCUT2D eigenvalue weighted by Crippen LogP contribution is -2.46. The van der Waals surface area contributed by atoms with Crippen LogP contribution in [0.5, 0.6) is 0 Å². The quantitative estimate of drug-likeness (QED) is 0.503. The van der Waals surface area contributed by atoms with Gasteiger partial charge in [0.15, 0.2) is 17.5 Å². The molecule has 2 atom stereocenters. The predicted molar refractivity (Wildman–Crippen MR) is 99.6 cm³/mol. The van der Waals surface area contributed by atoms with Crippen LogP contribution in [0.1, 0.15) is 20.3 Å². The lowest BCUT2D eigenvalue weighted by molar-refractivity contribution is -0.380. The minimum Gasteiger partial charge on any atom is -0.356 e. The number of anilines is 1. The molecule has 3 aromatic rings. The Morgan fingerprint density at radius 1 is 1.33 bits per heavy atom. The van der Waals surface area contributed by atoms with Crippen LogP contribution in [0.4, 0.5) is 23.4 Å². The molecule has 0 aliphatic heterocycles. The molecule has 2 unspecified atom stereocenters. The summed E-state index contributed by atoms with van der Waals surface area (Å²) in [4.78, 5) is 30.4. The average Bonchev–Trinajstić information content (AvgIpc) is 3.14. The summed E-state index contributed by atoms with van der Waals surface area (Å²) >= 11 is 0. The molecule has 0 fully saturated rings. The van der Waals surface area contributed by atoms with Gasteiger partial charge in [0.1, 0.15) is 18.8 Å². The first-order valence-corrected chi connectivity index (χ1v) is 9.16. The fraction of sp³-hybridized carbons (Fsp3) is 0.389. The number of aromatic amines is 2. The normalized spacial score (nSPS) is 13.8. The Bertz CT molecular complexity index is 1040. The van der Waals surface area contributed by atoms with E-state index in [-0.39, 0.29) is 17.6 Å². The molecular formula is C18H20F4N7O+. The zero-order valence-electron chi connectivity index (χ0n) is 16.1. The Labute approximate surface area is 168 Å². The van der Waals surface area contributed by atoms with E-state index in [0.29, 0.717) is 23.0 Å². The van der Waals surface area contributed by atoms with Crippen LogP contribution in [0.15, 0.2) is 24.9 Å². The molecule has 0 aromatic carbocycles. The number of rotatable bonds is 7. The van der Waals surface area contributed by atoms with Crippen LogP contribution in [-0.2, 0) is 4.79 Å². The zero-order valence-corrected chi connectivity index (χ0v) is 16.1. The van der Waals surface area contributed by atoms with E-state index in [0.717, 1.165) is 6.20 Å². The Kier molecular flexibility index (Phi) is 6.13. The summed E-state index contributed by atoms with van der Waals surface area (Å²) in [6, 6.07) is -1.12. The van der Waals surface area contributed by atoms with Crippen LogP contribution in [0.2, 0.25) is 0 Å². The maximum atomic E-state index is 14.4. The van der Waals surface area contributed by atoms with Gasteiger partial charge in [-0.05, 0) is 10.9 Å². The van der Waals surface area contributed by atoms with Gasteiger partial charge in [0.05, 0.1) is 17.1 Å². The molecule has 4 N–H and O–H groups in total. The maximum absolute atomic E-state index is 14.4. The van der Waals surface area contributed by atoms with E-state index < -0.39 is 30.5 Å². The van der Waals surface area contributed by atoms with Gasteiger partial charge >= 0.3 is 6.18 Å². The van der Waals surface area contributed by atoms with Gasteiger partial charge in [-0.3, -0.25) is 4.79 Å². The number of amides is 1. The number of H-pyrrole nitrogens is 2. The highest BCUT2D eigenvalue weighted by atomic mass is 19.4. The van der Waals surface area contributed by atoms with E-state index in [1.807, 2.05) is 5.32 Å². The molecule has 0 spiro atoms. The molecule has 0 saturated heterocycles. The lowest BCUT2D eigenvalue weighted by Gasteiger charge is -2.24. The minimum atomic E-state index is -4.55. The molecule has 1 amide bonds. The number of nitrogens with zero attached hydrogens (tertiary/aromatic N) is 3. The lowest BCUT2D eigenvalue weighted by atomic mass is 9.98. The number of carbonyl (C=O) groups excluding carboxylic acids is 1. The third-order valence-electron chi connectivity index (χ3n) is 4.63. The van der Waals surface area contributed by atoms with Gasteiger partial charge < -0.3 is 15.6 Å². The molecule has 3 rings (SSSR count). The first kappa shape index (κ1) is 21.4. The number of alkyl halides is 3. The maximum Gasteiger partial charge on any atom is 0.405 e. The van der Waals surface area contributed by atoms with Crippen molar-refractivity contribution in [2.75, 3.05) is 11.9 Å². The van der Waals surface area contributed by atoms with Crippen molar-refractivity contribution in [2.24, 2.45) is 5.92 Å². The van der Waals surface area contributed by atoms with Crippen LogP contribution in [0.3, 0.4) is 0 Å². The van der Waals surface area contributed by atoms with Gasteiger partial charge in [0.25, 0.3) is 12.0 Å². The largest absolute Gasteiger partial charge is 0.405 e. The molecular weight excluding hydrogens is 406 g/mol. The SMILES string of the molecule is CCC(C)C(Nc1nc(-c2c[nH]c3nc[nH+]cc23)ncc1F)C(=O)NCC(F)(F)F. The monoisotopic (exact) mass is 426 g/mol. The molecule has 0 bridgehead atoms. The molecule has 3 heterocycles. The second kappa shape index (κ2) is 8.59. The summed E-state index contributed by atoms with van der Waals surface area (Å²) < 4.78 is 51.8. The van der Waals surface area contributed by atoms with Crippen molar-refractivity contribution in [3.05, 3.63) is 30.7 Å². The highest BCUT2D eigenvalue weighted by molar-refractivity contribution is 5.90. The topological polar surface area (TPSA) is 110 Å². The van der Waals surface area contributed by atoms with Crippen LogP contribution in [-0.4, -0.2) is 44.6 Å². The first-order chi connectivity index (χ1) is 14.2. The average molecular weight is 426 g/mol. The van der Waals surface area contributed by atoms with Crippen molar-refractivity contribution in [3.63, 3.8) is 0 Å².